The first kappa shape index (κ1) is 16.7. The number of halogens is 1. The van der Waals surface area contributed by atoms with Crippen LogP contribution in [0.3, 0.4) is 0 Å². The smallest absolute Gasteiger partial charge is 0.294 e. The standard InChI is InChI=1S/C19H22FNO3/c1-11-8-9-14(10-15(11)20)21-17(13-6-4-3-5-7-13)16(12(2)22)18(23)19(21)24/h8-10,13,17,23H,3-7H2,1-2H3. The maximum Gasteiger partial charge on any atom is 0.294 e. The Balaban J connectivity index is 2.07. The molecular weight excluding hydrogens is 309 g/mol. The number of amides is 1. The fourth-order valence-corrected chi connectivity index (χ4v) is 3.91. The third-order valence-electron chi connectivity index (χ3n) is 5.16. The van der Waals surface area contributed by atoms with Gasteiger partial charge in [0.05, 0.1) is 11.6 Å². The minimum absolute atomic E-state index is 0.107. The number of aliphatic hydroxyl groups excluding tert-OH is 1. The van der Waals surface area contributed by atoms with E-state index in [2.05, 4.69) is 0 Å². The van der Waals surface area contributed by atoms with Crippen molar-refractivity contribution in [3.63, 3.8) is 0 Å². The first-order chi connectivity index (χ1) is 11.4. The number of Topliss-reactive ketones (excluding diaryl/α,β-unsaturated/α-hetero) is 1. The maximum absolute atomic E-state index is 14.0. The van der Waals surface area contributed by atoms with Gasteiger partial charge in [-0.3, -0.25) is 14.5 Å². The molecule has 1 aliphatic heterocycles. The number of ketones is 1. The van der Waals surface area contributed by atoms with Gasteiger partial charge in [0.15, 0.2) is 11.5 Å². The van der Waals surface area contributed by atoms with E-state index in [9.17, 15) is 19.1 Å². The largest absolute Gasteiger partial charge is 0.503 e. The van der Waals surface area contributed by atoms with Crippen molar-refractivity contribution in [2.45, 2.75) is 52.0 Å². The zero-order valence-corrected chi connectivity index (χ0v) is 14.0. The minimum atomic E-state index is -0.612. The van der Waals surface area contributed by atoms with Gasteiger partial charge in [-0.15, -0.1) is 0 Å². The van der Waals surface area contributed by atoms with Gasteiger partial charge in [-0.1, -0.05) is 25.3 Å². The molecule has 1 amide bonds. The number of nitrogens with zero attached hydrogens (tertiary/aromatic N) is 1. The molecule has 1 aromatic carbocycles. The van der Waals surface area contributed by atoms with Crippen LogP contribution < -0.4 is 4.90 Å². The van der Waals surface area contributed by atoms with Gasteiger partial charge >= 0.3 is 0 Å². The third kappa shape index (κ3) is 2.72. The van der Waals surface area contributed by atoms with Crippen LogP contribution in [0.2, 0.25) is 0 Å². The quantitative estimate of drug-likeness (QED) is 0.916. The molecule has 5 heteroatoms. The number of aryl methyl sites for hydroxylation is 1. The van der Waals surface area contributed by atoms with Gasteiger partial charge in [-0.25, -0.2) is 4.39 Å². The molecule has 1 atom stereocenters. The molecule has 4 nitrogen and oxygen atoms in total. The Bertz CT molecular complexity index is 719. The first-order valence-electron chi connectivity index (χ1n) is 8.45. The number of anilines is 1. The van der Waals surface area contributed by atoms with Gasteiger partial charge in [0, 0.05) is 5.69 Å². The molecule has 1 aliphatic carbocycles. The van der Waals surface area contributed by atoms with Gasteiger partial charge < -0.3 is 5.11 Å². The van der Waals surface area contributed by atoms with Crippen LogP contribution in [-0.2, 0) is 9.59 Å². The van der Waals surface area contributed by atoms with Crippen LogP contribution in [0.4, 0.5) is 10.1 Å². The highest BCUT2D eigenvalue weighted by Crippen LogP contribution is 2.40. The molecule has 128 valence electrons. The lowest BCUT2D eigenvalue weighted by atomic mass is 9.80. The van der Waals surface area contributed by atoms with Gasteiger partial charge in [-0.2, -0.15) is 0 Å². The number of carbonyl (C=O) groups excluding carboxylic acids is 2. The topological polar surface area (TPSA) is 57.6 Å². The van der Waals surface area contributed by atoms with Crippen molar-refractivity contribution in [2.75, 3.05) is 4.90 Å². The summed E-state index contributed by atoms with van der Waals surface area (Å²) in [6, 6.07) is 4.08. The molecular formula is C19H22FNO3. The van der Waals surface area contributed by atoms with Gasteiger partial charge in [0.1, 0.15) is 5.82 Å². The average Bonchev–Trinajstić information content (AvgIpc) is 2.83. The Kier molecular flexibility index (Phi) is 4.43. The van der Waals surface area contributed by atoms with Crippen molar-refractivity contribution in [3.05, 3.63) is 40.9 Å². The molecule has 1 N–H and O–H groups in total. The van der Waals surface area contributed by atoms with Crippen LogP contribution in [0.5, 0.6) is 0 Å². The summed E-state index contributed by atoms with van der Waals surface area (Å²) in [5, 5.41) is 10.3. The fraction of sp³-hybridized carbons (Fsp3) is 0.474. The number of hydrogen-bond donors (Lipinski definition) is 1. The Morgan fingerprint density at radius 2 is 1.92 bits per heavy atom. The van der Waals surface area contributed by atoms with Gasteiger partial charge in [0.2, 0.25) is 0 Å². The summed E-state index contributed by atoms with van der Waals surface area (Å²) in [6.45, 7) is 3.02. The molecule has 3 rings (SSSR count). The van der Waals surface area contributed by atoms with Crippen LogP contribution in [-0.4, -0.2) is 22.8 Å². The zero-order chi connectivity index (χ0) is 17.4. The number of carbonyl (C=O) groups is 2. The molecule has 2 aliphatic rings. The van der Waals surface area contributed by atoms with Crippen molar-refractivity contribution in [2.24, 2.45) is 5.92 Å². The molecule has 1 fully saturated rings. The SMILES string of the molecule is CC(=O)C1=C(O)C(=O)N(c2ccc(C)c(F)c2)C1C1CCCCC1. The summed E-state index contributed by atoms with van der Waals surface area (Å²) >= 11 is 0. The molecule has 1 unspecified atom stereocenters. The van der Waals surface area contributed by atoms with E-state index < -0.39 is 23.5 Å². The second-order valence-corrected chi connectivity index (χ2v) is 6.77. The molecule has 1 saturated carbocycles. The van der Waals surface area contributed by atoms with E-state index in [0.29, 0.717) is 11.3 Å². The van der Waals surface area contributed by atoms with Crippen molar-refractivity contribution in [1.29, 1.82) is 0 Å². The Morgan fingerprint density at radius 1 is 1.25 bits per heavy atom. The highest BCUT2D eigenvalue weighted by molar-refractivity contribution is 6.16. The highest BCUT2D eigenvalue weighted by atomic mass is 19.1. The van der Waals surface area contributed by atoms with Crippen molar-refractivity contribution in [3.8, 4) is 0 Å². The average molecular weight is 331 g/mol. The fourth-order valence-electron chi connectivity index (χ4n) is 3.91. The Hall–Kier alpha value is -2.17. The molecule has 0 saturated heterocycles. The number of hydrogen-bond acceptors (Lipinski definition) is 3. The maximum atomic E-state index is 14.0. The zero-order valence-electron chi connectivity index (χ0n) is 14.0. The normalized spacial score (nSPS) is 22.4. The van der Waals surface area contributed by atoms with Gasteiger partial charge in [-0.05, 0) is 50.3 Å². The van der Waals surface area contributed by atoms with Crippen molar-refractivity contribution < 1.29 is 19.1 Å². The molecule has 1 heterocycles. The van der Waals surface area contributed by atoms with Gasteiger partial charge in [0.25, 0.3) is 5.91 Å². The predicted molar refractivity (Wildman–Crippen MR) is 89.3 cm³/mol. The van der Waals surface area contributed by atoms with E-state index in [0.717, 1.165) is 32.1 Å². The summed E-state index contributed by atoms with van der Waals surface area (Å²) < 4.78 is 14.0. The van der Waals surface area contributed by atoms with Crippen LogP contribution in [0.1, 0.15) is 44.6 Å². The third-order valence-corrected chi connectivity index (χ3v) is 5.16. The van der Waals surface area contributed by atoms with Crippen molar-refractivity contribution >= 4 is 17.4 Å². The van der Waals surface area contributed by atoms with E-state index in [4.69, 9.17) is 0 Å². The molecule has 0 bridgehead atoms. The number of benzene rings is 1. The summed E-state index contributed by atoms with van der Waals surface area (Å²) in [6.07, 6.45) is 5.01. The lowest BCUT2D eigenvalue weighted by Gasteiger charge is -2.35. The molecule has 1 aromatic rings. The van der Waals surface area contributed by atoms with E-state index in [-0.39, 0.29) is 17.3 Å². The van der Waals surface area contributed by atoms with Crippen molar-refractivity contribution in [1.82, 2.24) is 0 Å². The molecule has 24 heavy (non-hydrogen) atoms. The second-order valence-electron chi connectivity index (χ2n) is 6.77. The predicted octanol–water partition coefficient (Wildman–Crippen LogP) is 3.83. The molecule has 0 spiro atoms. The van der Waals surface area contributed by atoms with Crippen LogP contribution in [0, 0.1) is 18.7 Å². The van der Waals surface area contributed by atoms with Crippen LogP contribution in [0.25, 0.3) is 0 Å². The number of rotatable bonds is 3. The Morgan fingerprint density at radius 3 is 2.50 bits per heavy atom. The Labute approximate surface area is 141 Å². The highest BCUT2D eigenvalue weighted by Gasteiger charge is 2.46. The minimum Gasteiger partial charge on any atom is -0.503 e. The summed E-state index contributed by atoms with van der Waals surface area (Å²) in [4.78, 5) is 26.1. The van der Waals surface area contributed by atoms with E-state index in [1.165, 1.54) is 17.9 Å². The number of aliphatic hydroxyl groups is 1. The van der Waals surface area contributed by atoms with E-state index in [1.807, 2.05) is 0 Å². The lowest BCUT2D eigenvalue weighted by molar-refractivity contribution is -0.117. The lowest BCUT2D eigenvalue weighted by Crippen LogP contribution is -2.42. The second kappa shape index (κ2) is 6.38. The summed E-state index contributed by atoms with van der Waals surface area (Å²) in [7, 11) is 0. The van der Waals surface area contributed by atoms with Crippen LogP contribution in [0.15, 0.2) is 29.5 Å². The van der Waals surface area contributed by atoms with Crippen LogP contribution >= 0.6 is 0 Å². The first-order valence-corrected chi connectivity index (χ1v) is 8.45. The summed E-state index contributed by atoms with van der Waals surface area (Å²) in [5.74, 6) is -1.70. The van der Waals surface area contributed by atoms with E-state index >= 15 is 0 Å². The summed E-state index contributed by atoms with van der Waals surface area (Å²) in [5.41, 5.74) is 1.05. The molecule has 0 aromatic heterocycles. The van der Waals surface area contributed by atoms with E-state index in [1.54, 1.807) is 19.1 Å². The monoisotopic (exact) mass is 331 g/mol. The molecule has 0 radical (unpaired) electrons.